The van der Waals surface area contributed by atoms with Gasteiger partial charge in [0, 0.05) is 10.5 Å². The van der Waals surface area contributed by atoms with Crippen LogP contribution in [0.3, 0.4) is 0 Å². The Morgan fingerprint density at radius 1 is 1.44 bits per heavy atom. The fourth-order valence-electron chi connectivity index (χ4n) is 1.62. The Labute approximate surface area is 113 Å². The van der Waals surface area contributed by atoms with E-state index in [0.717, 1.165) is 10.0 Å². The van der Waals surface area contributed by atoms with Crippen LogP contribution < -0.4 is 15.2 Å². The van der Waals surface area contributed by atoms with Gasteiger partial charge in [0.1, 0.15) is 0 Å². The molecule has 0 spiro atoms. The maximum atomic E-state index is 5.62. The molecule has 0 saturated heterocycles. The largest absolute Gasteiger partial charge is 0.493 e. The van der Waals surface area contributed by atoms with Gasteiger partial charge in [0.05, 0.1) is 19.3 Å². The summed E-state index contributed by atoms with van der Waals surface area (Å²) in [5.41, 5.74) is 6.30. The molecule has 2 N–H and O–H groups in total. The van der Waals surface area contributed by atoms with Crippen LogP contribution in [0.25, 0.3) is 11.3 Å². The number of nitrogens with zero attached hydrogens (tertiary/aromatic N) is 1. The average molecular weight is 313 g/mol. The Bertz CT molecular complexity index is 554. The van der Waals surface area contributed by atoms with Crippen LogP contribution in [-0.2, 0) is 0 Å². The van der Waals surface area contributed by atoms with Gasteiger partial charge in [0.15, 0.2) is 23.1 Å². The summed E-state index contributed by atoms with van der Waals surface area (Å²) in [5.74, 6) is 2.08. The third-order valence-electron chi connectivity index (χ3n) is 2.35. The molecule has 0 saturated carbocycles. The van der Waals surface area contributed by atoms with Gasteiger partial charge in [-0.15, -0.1) is 0 Å². The zero-order chi connectivity index (χ0) is 13.1. The van der Waals surface area contributed by atoms with Crippen molar-refractivity contribution in [3.8, 4) is 22.8 Å². The number of anilines is 1. The Morgan fingerprint density at radius 2 is 2.22 bits per heavy atom. The molecule has 0 bridgehead atoms. The predicted octanol–water partition coefficient (Wildman–Crippen LogP) is 3.09. The van der Waals surface area contributed by atoms with E-state index in [-0.39, 0.29) is 0 Å². The first-order valence-electron chi connectivity index (χ1n) is 5.39. The van der Waals surface area contributed by atoms with Gasteiger partial charge in [-0.2, -0.15) is 0 Å². The SMILES string of the molecule is CCOc1c(OC)ccc(Br)c1-c1cc(N)no1. The highest BCUT2D eigenvalue weighted by Crippen LogP contribution is 2.43. The van der Waals surface area contributed by atoms with Gasteiger partial charge in [-0.25, -0.2) is 0 Å². The van der Waals surface area contributed by atoms with Crippen LogP contribution in [0.2, 0.25) is 0 Å². The van der Waals surface area contributed by atoms with Gasteiger partial charge in [-0.3, -0.25) is 0 Å². The van der Waals surface area contributed by atoms with Crippen molar-refractivity contribution in [3.63, 3.8) is 0 Å². The van der Waals surface area contributed by atoms with Crippen LogP contribution in [0.15, 0.2) is 27.2 Å². The minimum absolute atomic E-state index is 0.321. The van der Waals surface area contributed by atoms with E-state index in [2.05, 4.69) is 21.1 Å². The van der Waals surface area contributed by atoms with E-state index >= 15 is 0 Å². The van der Waals surface area contributed by atoms with Crippen LogP contribution in [0.1, 0.15) is 6.92 Å². The minimum Gasteiger partial charge on any atom is -0.493 e. The number of methoxy groups -OCH3 is 1. The van der Waals surface area contributed by atoms with Gasteiger partial charge in [-0.1, -0.05) is 5.16 Å². The normalized spacial score (nSPS) is 10.4. The van der Waals surface area contributed by atoms with E-state index in [1.807, 2.05) is 19.1 Å². The molecule has 0 atom stereocenters. The first-order valence-corrected chi connectivity index (χ1v) is 6.18. The van der Waals surface area contributed by atoms with Crippen molar-refractivity contribution < 1.29 is 14.0 Å². The van der Waals surface area contributed by atoms with Crippen LogP contribution in [0, 0.1) is 0 Å². The molecule has 5 nitrogen and oxygen atoms in total. The second kappa shape index (κ2) is 5.30. The second-order valence-corrected chi connectivity index (χ2v) is 4.36. The predicted molar refractivity (Wildman–Crippen MR) is 71.8 cm³/mol. The van der Waals surface area contributed by atoms with Crippen molar-refractivity contribution in [1.82, 2.24) is 5.16 Å². The van der Waals surface area contributed by atoms with Crippen LogP contribution >= 0.6 is 15.9 Å². The molecule has 1 aromatic carbocycles. The number of hydrogen-bond donors (Lipinski definition) is 1. The van der Waals surface area contributed by atoms with Gasteiger partial charge in [0.25, 0.3) is 0 Å². The van der Waals surface area contributed by atoms with E-state index in [1.165, 1.54) is 0 Å². The second-order valence-electron chi connectivity index (χ2n) is 3.50. The molecule has 1 heterocycles. The van der Waals surface area contributed by atoms with Gasteiger partial charge >= 0.3 is 0 Å². The maximum Gasteiger partial charge on any atom is 0.174 e. The zero-order valence-corrected chi connectivity index (χ0v) is 11.7. The highest BCUT2D eigenvalue weighted by molar-refractivity contribution is 9.10. The van der Waals surface area contributed by atoms with Crippen molar-refractivity contribution in [2.45, 2.75) is 6.92 Å². The highest BCUT2D eigenvalue weighted by Gasteiger charge is 2.19. The van der Waals surface area contributed by atoms with Crippen LogP contribution in [0.4, 0.5) is 5.82 Å². The summed E-state index contributed by atoms with van der Waals surface area (Å²) in [5, 5.41) is 3.68. The van der Waals surface area contributed by atoms with Crippen LogP contribution in [-0.4, -0.2) is 18.9 Å². The molecule has 0 aliphatic heterocycles. The fourth-order valence-corrected chi connectivity index (χ4v) is 2.13. The number of nitrogens with two attached hydrogens (primary N) is 1. The number of nitrogen functional groups attached to an aromatic ring is 1. The lowest BCUT2D eigenvalue weighted by molar-refractivity contribution is 0.310. The van der Waals surface area contributed by atoms with Gasteiger partial charge in [0.2, 0.25) is 0 Å². The minimum atomic E-state index is 0.321. The lowest BCUT2D eigenvalue weighted by Crippen LogP contribution is -1.98. The standard InChI is InChI=1S/C12H13BrN2O3/c1-3-17-12-8(16-2)5-4-7(13)11(12)9-6-10(14)15-18-9/h4-6H,3H2,1-2H3,(H2,14,15). The fraction of sp³-hybridized carbons (Fsp3) is 0.250. The Balaban J connectivity index is 2.63. The molecule has 0 amide bonds. The highest BCUT2D eigenvalue weighted by atomic mass is 79.9. The lowest BCUT2D eigenvalue weighted by atomic mass is 10.1. The zero-order valence-electron chi connectivity index (χ0n) is 10.1. The van der Waals surface area contributed by atoms with Gasteiger partial charge in [-0.05, 0) is 35.0 Å². The molecule has 0 aliphatic rings. The molecule has 0 radical (unpaired) electrons. The molecule has 18 heavy (non-hydrogen) atoms. The van der Waals surface area contributed by atoms with Crippen molar-refractivity contribution in [1.29, 1.82) is 0 Å². The molecular weight excluding hydrogens is 300 g/mol. The summed E-state index contributed by atoms with van der Waals surface area (Å²) in [6.07, 6.45) is 0. The molecule has 6 heteroatoms. The number of halogens is 1. The molecular formula is C12H13BrN2O3. The van der Waals surface area contributed by atoms with E-state index in [1.54, 1.807) is 13.2 Å². The van der Waals surface area contributed by atoms with E-state index in [9.17, 15) is 0 Å². The Kier molecular flexibility index (Phi) is 3.76. The average Bonchev–Trinajstić information content (AvgIpc) is 2.76. The third kappa shape index (κ3) is 2.28. The van der Waals surface area contributed by atoms with E-state index in [0.29, 0.717) is 29.7 Å². The number of ether oxygens (including phenoxy) is 2. The molecule has 1 aromatic heterocycles. The molecule has 0 aliphatic carbocycles. The number of rotatable bonds is 4. The molecule has 96 valence electrons. The summed E-state index contributed by atoms with van der Waals surface area (Å²) in [7, 11) is 1.59. The lowest BCUT2D eigenvalue weighted by Gasteiger charge is -2.13. The Hall–Kier alpha value is -1.69. The number of hydrogen-bond acceptors (Lipinski definition) is 5. The molecule has 0 unspecified atom stereocenters. The summed E-state index contributed by atoms with van der Waals surface area (Å²) in [6, 6.07) is 5.32. The number of aromatic nitrogens is 1. The monoisotopic (exact) mass is 312 g/mol. The summed E-state index contributed by atoms with van der Waals surface area (Å²) in [4.78, 5) is 0. The molecule has 2 rings (SSSR count). The van der Waals surface area contributed by atoms with Crippen molar-refractivity contribution in [2.24, 2.45) is 0 Å². The molecule has 2 aromatic rings. The Morgan fingerprint density at radius 3 is 2.78 bits per heavy atom. The van der Waals surface area contributed by atoms with Crippen LogP contribution in [0.5, 0.6) is 11.5 Å². The van der Waals surface area contributed by atoms with Gasteiger partial charge < -0.3 is 19.7 Å². The topological polar surface area (TPSA) is 70.5 Å². The first-order chi connectivity index (χ1) is 8.67. The summed E-state index contributed by atoms with van der Waals surface area (Å²) in [6.45, 7) is 2.42. The van der Waals surface area contributed by atoms with Crippen molar-refractivity contribution in [3.05, 3.63) is 22.7 Å². The quantitative estimate of drug-likeness (QED) is 0.939. The van der Waals surface area contributed by atoms with Crippen molar-refractivity contribution in [2.75, 3.05) is 19.5 Å². The summed E-state index contributed by atoms with van der Waals surface area (Å²) < 4.78 is 16.9. The first kappa shape index (κ1) is 12.8. The van der Waals surface area contributed by atoms with E-state index in [4.69, 9.17) is 19.7 Å². The third-order valence-corrected chi connectivity index (χ3v) is 3.01. The van der Waals surface area contributed by atoms with E-state index < -0.39 is 0 Å². The summed E-state index contributed by atoms with van der Waals surface area (Å²) >= 11 is 3.46. The molecule has 0 fully saturated rings. The maximum absolute atomic E-state index is 5.62. The number of benzene rings is 1. The van der Waals surface area contributed by atoms with Crippen molar-refractivity contribution >= 4 is 21.7 Å². The smallest absolute Gasteiger partial charge is 0.174 e.